The van der Waals surface area contributed by atoms with Gasteiger partial charge in [-0.05, 0) is 67.1 Å². The van der Waals surface area contributed by atoms with E-state index in [1.54, 1.807) is 48.5 Å². The van der Waals surface area contributed by atoms with Crippen molar-refractivity contribution < 1.29 is 33.3 Å². The number of hydrogen-bond acceptors (Lipinski definition) is 9. The van der Waals surface area contributed by atoms with Crippen LogP contribution in [0.2, 0.25) is 5.02 Å². The Morgan fingerprint density at radius 1 is 0.804 bits per heavy atom. The Balaban J connectivity index is 1.22. The summed E-state index contributed by atoms with van der Waals surface area (Å²) in [7, 11) is 4.40. The SMILES string of the molecule is COc1cc(C(=O)Nc2ccc(C(=O)N/N=C\c3ccccc3OC(=O)c3sc4cc(C)ccc4c3Cl)cc2)cc(OC)c1OC. The minimum atomic E-state index is -0.591. The fraction of sp³-hybridized carbons (Fsp3) is 0.118. The van der Waals surface area contributed by atoms with Crippen molar-refractivity contribution in [2.45, 2.75) is 6.92 Å². The zero-order chi connectivity index (χ0) is 32.8. The summed E-state index contributed by atoms with van der Waals surface area (Å²) >= 11 is 7.75. The number of benzene rings is 4. The van der Waals surface area contributed by atoms with E-state index in [9.17, 15) is 14.4 Å². The number of nitrogens with zero attached hydrogens (tertiary/aromatic N) is 1. The quantitative estimate of drug-likeness (QED) is 0.0709. The van der Waals surface area contributed by atoms with Crippen molar-refractivity contribution in [1.82, 2.24) is 5.43 Å². The number of esters is 1. The normalized spacial score (nSPS) is 10.9. The third-order valence-electron chi connectivity index (χ3n) is 6.79. The van der Waals surface area contributed by atoms with Gasteiger partial charge in [-0.2, -0.15) is 5.10 Å². The predicted molar refractivity (Wildman–Crippen MR) is 179 cm³/mol. The number of carbonyl (C=O) groups excluding carboxylic acids is 3. The second kappa shape index (κ2) is 14.1. The number of anilines is 1. The third kappa shape index (κ3) is 6.96. The first-order valence-corrected chi connectivity index (χ1v) is 15.0. The fourth-order valence-corrected chi connectivity index (χ4v) is 5.96. The van der Waals surface area contributed by atoms with Crippen LogP contribution in [-0.4, -0.2) is 45.3 Å². The molecular weight excluding hydrogens is 630 g/mol. The van der Waals surface area contributed by atoms with E-state index in [4.69, 9.17) is 30.5 Å². The molecule has 2 amide bonds. The molecule has 0 aliphatic carbocycles. The number of rotatable bonds is 10. The highest BCUT2D eigenvalue weighted by Gasteiger charge is 2.20. The molecule has 0 saturated carbocycles. The topological polar surface area (TPSA) is 125 Å². The number of fused-ring (bicyclic) bond motifs is 1. The Labute approximate surface area is 273 Å². The number of hydrogen-bond donors (Lipinski definition) is 2. The Kier molecular flexibility index (Phi) is 9.85. The molecule has 0 bridgehead atoms. The molecule has 234 valence electrons. The lowest BCUT2D eigenvalue weighted by Crippen LogP contribution is -2.18. The number of carbonyl (C=O) groups is 3. The van der Waals surface area contributed by atoms with Gasteiger partial charge in [0.1, 0.15) is 10.6 Å². The van der Waals surface area contributed by atoms with Crippen molar-refractivity contribution in [3.05, 3.63) is 111 Å². The van der Waals surface area contributed by atoms with Crippen molar-refractivity contribution in [2.24, 2.45) is 5.10 Å². The van der Waals surface area contributed by atoms with E-state index >= 15 is 0 Å². The number of amides is 2. The number of aryl methyl sites for hydroxylation is 1. The molecule has 10 nitrogen and oxygen atoms in total. The summed E-state index contributed by atoms with van der Waals surface area (Å²) in [6, 6.07) is 21.9. The van der Waals surface area contributed by atoms with Crippen molar-refractivity contribution in [1.29, 1.82) is 0 Å². The largest absolute Gasteiger partial charge is 0.493 e. The van der Waals surface area contributed by atoms with E-state index in [0.29, 0.717) is 49.5 Å². The van der Waals surface area contributed by atoms with Gasteiger partial charge in [-0.3, -0.25) is 9.59 Å². The average Bonchev–Trinajstić information content (AvgIpc) is 3.39. The van der Waals surface area contributed by atoms with Gasteiger partial charge >= 0.3 is 5.97 Å². The lowest BCUT2D eigenvalue weighted by atomic mass is 10.1. The Bertz CT molecular complexity index is 1950. The maximum atomic E-state index is 13.0. The van der Waals surface area contributed by atoms with Gasteiger partial charge in [-0.15, -0.1) is 11.3 Å². The van der Waals surface area contributed by atoms with E-state index in [-0.39, 0.29) is 5.75 Å². The van der Waals surface area contributed by atoms with Gasteiger partial charge in [0.15, 0.2) is 11.5 Å². The van der Waals surface area contributed by atoms with Crippen LogP contribution in [0.15, 0.2) is 84.0 Å². The van der Waals surface area contributed by atoms with Gasteiger partial charge in [0, 0.05) is 32.5 Å². The first kappa shape index (κ1) is 32.0. The monoisotopic (exact) mass is 657 g/mol. The van der Waals surface area contributed by atoms with Gasteiger partial charge < -0.3 is 24.3 Å². The smallest absolute Gasteiger partial charge is 0.355 e. The average molecular weight is 658 g/mol. The summed E-state index contributed by atoms with van der Waals surface area (Å²) in [5.41, 5.74) is 5.04. The molecule has 0 spiro atoms. The van der Waals surface area contributed by atoms with Gasteiger partial charge in [0.25, 0.3) is 11.8 Å². The number of hydrazone groups is 1. The number of thiophene rings is 1. The summed E-state index contributed by atoms with van der Waals surface area (Å²) in [4.78, 5) is 38.9. The van der Waals surface area contributed by atoms with Crippen molar-refractivity contribution in [2.75, 3.05) is 26.6 Å². The summed E-state index contributed by atoms with van der Waals surface area (Å²) in [6.07, 6.45) is 1.38. The molecule has 5 rings (SSSR count). The molecule has 0 aliphatic rings. The first-order chi connectivity index (χ1) is 22.2. The second-order valence-electron chi connectivity index (χ2n) is 9.82. The van der Waals surface area contributed by atoms with Gasteiger partial charge in [-0.1, -0.05) is 35.9 Å². The highest BCUT2D eigenvalue weighted by atomic mass is 35.5. The molecule has 12 heteroatoms. The molecular formula is C34H28ClN3O7S. The highest BCUT2D eigenvalue weighted by molar-refractivity contribution is 7.21. The number of nitrogens with one attached hydrogen (secondary N) is 2. The maximum absolute atomic E-state index is 13.0. The Hall–Kier alpha value is -5.39. The summed E-state index contributed by atoms with van der Waals surface area (Å²) in [5, 5.41) is 7.94. The fourth-order valence-electron chi connectivity index (χ4n) is 4.48. The molecule has 0 fully saturated rings. The summed E-state index contributed by atoms with van der Waals surface area (Å²) in [5.74, 6) is -0.178. The van der Waals surface area contributed by atoms with Crippen LogP contribution in [0, 0.1) is 6.92 Å². The number of ether oxygens (including phenoxy) is 4. The minimum absolute atomic E-state index is 0.252. The Morgan fingerprint density at radius 2 is 1.50 bits per heavy atom. The van der Waals surface area contributed by atoms with Crippen molar-refractivity contribution in [3.63, 3.8) is 0 Å². The van der Waals surface area contributed by atoms with Crippen LogP contribution in [-0.2, 0) is 0 Å². The predicted octanol–water partition coefficient (Wildman–Crippen LogP) is 7.12. The van der Waals surface area contributed by atoms with E-state index in [0.717, 1.165) is 15.6 Å². The molecule has 5 aromatic rings. The van der Waals surface area contributed by atoms with E-state index in [1.807, 2.05) is 25.1 Å². The zero-order valence-electron chi connectivity index (χ0n) is 25.2. The Morgan fingerprint density at radius 3 is 2.17 bits per heavy atom. The molecule has 1 heterocycles. The van der Waals surface area contributed by atoms with Crippen LogP contribution in [0.4, 0.5) is 5.69 Å². The molecule has 0 unspecified atom stereocenters. The minimum Gasteiger partial charge on any atom is -0.493 e. The standard InChI is InChI=1S/C34H28ClN3O7S/c1-19-9-14-24-28(15-19)46-31(29(24)35)34(41)45-25-8-6-5-7-21(25)18-36-38-33(40)20-10-12-23(13-11-20)37-32(39)22-16-26(42-2)30(44-4)27(17-22)43-3/h5-18H,1-4H3,(H,37,39)(H,38,40)/b36-18-. The lowest BCUT2D eigenvalue weighted by molar-refractivity contribution is 0.0739. The van der Waals surface area contributed by atoms with Gasteiger partial charge in [-0.25, -0.2) is 10.2 Å². The highest BCUT2D eigenvalue weighted by Crippen LogP contribution is 2.39. The lowest BCUT2D eigenvalue weighted by Gasteiger charge is -2.14. The third-order valence-corrected chi connectivity index (χ3v) is 8.43. The number of methoxy groups -OCH3 is 3. The second-order valence-corrected chi connectivity index (χ2v) is 11.2. The number of halogens is 1. The van der Waals surface area contributed by atoms with Gasteiger partial charge in [0.2, 0.25) is 5.75 Å². The van der Waals surface area contributed by atoms with Crippen LogP contribution >= 0.6 is 22.9 Å². The molecule has 2 N–H and O–H groups in total. The first-order valence-electron chi connectivity index (χ1n) is 13.8. The molecule has 1 aromatic heterocycles. The van der Waals surface area contributed by atoms with Crippen LogP contribution in [0.1, 0.15) is 41.5 Å². The van der Waals surface area contributed by atoms with Crippen LogP contribution < -0.4 is 29.7 Å². The molecule has 0 aliphatic heterocycles. The number of para-hydroxylation sites is 1. The van der Waals surface area contributed by atoms with Crippen molar-refractivity contribution in [3.8, 4) is 23.0 Å². The van der Waals surface area contributed by atoms with Crippen LogP contribution in [0.5, 0.6) is 23.0 Å². The van der Waals surface area contributed by atoms with Crippen LogP contribution in [0.25, 0.3) is 10.1 Å². The van der Waals surface area contributed by atoms with E-state index in [2.05, 4.69) is 15.8 Å². The van der Waals surface area contributed by atoms with Crippen LogP contribution in [0.3, 0.4) is 0 Å². The summed E-state index contributed by atoms with van der Waals surface area (Å²) < 4.78 is 22.5. The molecule has 0 radical (unpaired) electrons. The van der Waals surface area contributed by atoms with E-state index in [1.165, 1.54) is 51.0 Å². The summed E-state index contributed by atoms with van der Waals surface area (Å²) in [6.45, 7) is 1.97. The zero-order valence-corrected chi connectivity index (χ0v) is 26.7. The van der Waals surface area contributed by atoms with E-state index < -0.39 is 17.8 Å². The molecule has 0 saturated heterocycles. The van der Waals surface area contributed by atoms with Crippen molar-refractivity contribution >= 4 is 62.7 Å². The molecule has 46 heavy (non-hydrogen) atoms. The van der Waals surface area contributed by atoms with Gasteiger partial charge in [0.05, 0.1) is 32.6 Å². The molecule has 4 aromatic carbocycles. The maximum Gasteiger partial charge on any atom is 0.355 e. The molecule has 0 atom stereocenters.